The Kier molecular flexibility index (Phi) is 5.95. The Bertz CT molecular complexity index is 215. The zero-order valence-corrected chi connectivity index (χ0v) is 8.49. The zero-order chi connectivity index (χ0) is 9.71. The fourth-order valence-electron chi connectivity index (χ4n) is 0. The fourth-order valence-corrected chi connectivity index (χ4v) is 0. The minimum atomic E-state index is -4.41. The third-order valence-corrected chi connectivity index (χ3v) is 0.612. The highest BCUT2D eigenvalue weighted by molar-refractivity contribution is 8.00. The molecular formula is C4H12O5S2. The van der Waals surface area contributed by atoms with Gasteiger partial charge in [0.15, 0.2) is 0 Å². The number of hydrogen-bond acceptors (Lipinski definition) is 5. The van der Waals surface area contributed by atoms with E-state index in [0.29, 0.717) is 0 Å². The standard InChI is InChI=1S/C3H9OS.CH4O4S/c1-5(2,3)4;1-5-6(2,3)4/h1-3H3;1H3,(H,2,3,4)/q+1;/p-1. The summed E-state index contributed by atoms with van der Waals surface area (Å²) in [5.74, 6) is 0. The van der Waals surface area contributed by atoms with Crippen molar-refractivity contribution in [2.45, 2.75) is 0 Å². The predicted octanol–water partition coefficient (Wildman–Crippen LogP) is -0.532. The van der Waals surface area contributed by atoms with Crippen molar-refractivity contribution in [3.8, 4) is 0 Å². The molecule has 11 heavy (non-hydrogen) atoms. The Balaban J connectivity index is 0. The van der Waals surface area contributed by atoms with Crippen molar-refractivity contribution in [3.63, 3.8) is 0 Å². The van der Waals surface area contributed by atoms with Crippen molar-refractivity contribution in [1.29, 1.82) is 0 Å². The molecule has 7 heteroatoms. The molecule has 0 aromatic carbocycles. The van der Waals surface area contributed by atoms with Gasteiger partial charge in [0.05, 0.1) is 17.0 Å². The van der Waals surface area contributed by atoms with E-state index < -0.39 is 20.3 Å². The van der Waals surface area contributed by atoms with E-state index >= 15 is 0 Å². The highest BCUT2D eigenvalue weighted by Gasteiger charge is 1.95. The Labute approximate surface area is 68.1 Å². The van der Waals surface area contributed by atoms with E-state index in [2.05, 4.69) is 4.18 Å². The first-order valence-corrected chi connectivity index (χ1v) is 6.58. The van der Waals surface area contributed by atoms with Crippen LogP contribution >= 0.6 is 0 Å². The van der Waals surface area contributed by atoms with Crippen molar-refractivity contribution in [2.24, 2.45) is 0 Å². The molecule has 0 fully saturated rings. The molecule has 0 aromatic heterocycles. The summed E-state index contributed by atoms with van der Waals surface area (Å²) in [5.41, 5.74) is 0. The lowest BCUT2D eigenvalue weighted by atomic mass is 11.8. The molecule has 0 saturated heterocycles. The maximum Gasteiger partial charge on any atom is 0.217 e. The largest absolute Gasteiger partial charge is 0.726 e. The normalized spacial score (nSPS) is 11.7. The molecule has 0 saturated carbocycles. The van der Waals surface area contributed by atoms with E-state index in [0.717, 1.165) is 7.11 Å². The van der Waals surface area contributed by atoms with Crippen LogP contribution in [-0.4, -0.2) is 38.8 Å². The van der Waals surface area contributed by atoms with Gasteiger partial charge in [-0.25, -0.2) is 8.42 Å². The van der Waals surface area contributed by atoms with Gasteiger partial charge in [-0.05, 0) is 0 Å². The van der Waals surface area contributed by atoms with Crippen molar-refractivity contribution in [3.05, 3.63) is 0 Å². The molecule has 0 rings (SSSR count). The summed E-state index contributed by atoms with van der Waals surface area (Å²) in [6.45, 7) is 0. The fraction of sp³-hybridized carbons (Fsp3) is 1.00. The molecule has 0 amide bonds. The maximum atomic E-state index is 10.2. The van der Waals surface area contributed by atoms with Gasteiger partial charge in [0, 0.05) is 0 Å². The lowest BCUT2D eigenvalue weighted by Crippen LogP contribution is -1.97. The summed E-state index contributed by atoms with van der Waals surface area (Å²) >= 11 is 0. The van der Waals surface area contributed by atoms with E-state index in [1.54, 1.807) is 18.8 Å². The summed E-state index contributed by atoms with van der Waals surface area (Å²) < 4.78 is 41.2. The van der Waals surface area contributed by atoms with Crippen LogP contribution in [-0.2, 0) is 28.7 Å². The van der Waals surface area contributed by atoms with Crippen LogP contribution in [0.15, 0.2) is 0 Å². The maximum absolute atomic E-state index is 10.2. The van der Waals surface area contributed by atoms with Gasteiger partial charge in [0.25, 0.3) is 0 Å². The van der Waals surface area contributed by atoms with E-state index in [4.69, 9.17) is 0 Å². The van der Waals surface area contributed by atoms with Gasteiger partial charge in [-0.2, -0.15) is 0 Å². The molecule has 0 aliphatic carbocycles. The highest BCUT2D eigenvalue weighted by Crippen LogP contribution is 1.78. The minimum absolute atomic E-state index is 0.808. The lowest BCUT2D eigenvalue weighted by Gasteiger charge is -1.98. The smallest absolute Gasteiger partial charge is 0.217 e. The van der Waals surface area contributed by atoms with Gasteiger partial charge in [-0.1, -0.05) is 0 Å². The Morgan fingerprint density at radius 1 is 1.27 bits per heavy atom. The molecule has 0 atom stereocenters. The van der Waals surface area contributed by atoms with Crippen LogP contribution in [0.3, 0.4) is 0 Å². The molecule has 0 bridgehead atoms. The van der Waals surface area contributed by atoms with E-state index in [1.165, 1.54) is 0 Å². The first-order chi connectivity index (χ1) is 4.56. The average molecular weight is 204 g/mol. The quantitative estimate of drug-likeness (QED) is 0.325. The third kappa shape index (κ3) is 70.7. The van der Waals surface area contributed by atoms with Crippen LogP contribution in [0.2, 0.25) is 0 Å². The van der Waals surface area contributed by atoms with Gasteiger partial charge in [0.1, 0.15) is 18.8 Å². The van der Waals surface area contributed by atoms with E-state index in [-0.39, 0.29) is 0 Å². The van der Waals surface area contributed by atoms with Crippen LogP contribution in [0.5, 0.6) is 0 Å². The third-order valence-electron chi connectivity index (χ3n) is 0.204. The molecule has 0 heterocycles. The molecular weight excluding hydrogens is 192 g/mol. The summed E-state index contributed by atoms with van der Waals surface area (Å²) in [6, 6.07) is 0. The van der Waals surface area contributed by atoms with Crippen LogP contribution in [0.1, 0.15) is 0 Å². The van der Waals surface area contributed by atoms with Crippen LogP contribution in [0, 0.1) is 0 Å². The van der Waals surface area contributed by atoms with E-state index in [9.17, 15) is 17.2 Å². The SMILES string of the molecule is COS(=O)(=O)[O-].C[S+](C)(C)=O. The monoisotopic (exact) mass is 204 g/mol. The second-order valence-corrected chi connectivity index (χ2v) is 6.90. The van der Waals surface area contributed by atoms with Crippen LogP contribution in [0.25, 0.3) is 0 Å². The molecule has 70 valence electrons. The summed E-state index contributed by atoms with van der Waals surface area (Å²) in [4.78, 5) is 0. The highest BCUT2D eigenvalue weighted by atomic mass is 32.3. The number of hydrogen-bond donors (Lipinski definition) is 0. The molecule has 0 aliphatic heterocycles. The van der Waals surface area contributed by atoms with Crippen molar-refractivity contribution in [2.75, 3.05) is 25.9 Å². The van der Waals surface area contributed by atoms with Crippen molar-refractivity contribution < 1.29 is 21.4 Å². The molecule has 0 spiro atoms. The summed E-state index contributed by atoms with van der Waals surface area (Å²) in [7, 11) is -5.02. The minimum Gasteiger partial charge on any atom is -0.726 e. The van der Waals surface area contributed by atoms with Gasteiger partial charge < -0.3 is 4.55 Å². The number of rotatable bonds is 1. The predicted molar refractivity (Wildman–Crippen MR) is 42.5 cm³/mol. The van der Waals surface area contributed by atoms with Crippen LogP contribution < -0.4 is 0 Å². The van der Waals surface area contributed by atoms with Crippen molar-refractivity contribution >= 4 is 20.3 Å². The second kappa shape index (κ2) is 4.81. The zero-order valence-electron chi connectivity index (χ0n) is 6.86. The molecule has 0 aromatic rings. The first kappa shape index (κ1) is 13.6. The van der Waals surface area contributed by atoms with Gasteiger partial charge in [-0.3, -0.25) is 4.18 Å². The van der Waals surface area contributed by atoms with Crippen LogP contribution in [0.4, 0.5) is 0 Å². The topological polar surface area (TPSA) is 83.5 Å². The second-order valence-electron chi connectivity index (χ2n) is 2.30. The Morgan fingerprint density at radius 3 is 1.36 bits per heavy atom. The summed E-state index contributed by atoms with van der Waals surface area (Å²) in [6.07, 6.45) is 5.15. The molecule has 0 aliphatic rings. The first-order valence-electron chi connectivity index (χ1n) is 2.47. The molecule has 5 nitrogen and oxygen atoms in total. The average Bonchev–Trinajstić information content (AvgIpc) is 1.59. The Morgan fingerprint density at radius 2 is 1.36 bits per heavy atom. The van der Waals surface area contributed by atoms with Crippen molar-refractivity contribution in [1.82, 2.24) is 0 Å². The lowest BCUT2D eigenvalue weighted by molar-refractivity contribution is 0.314. The summed E-state index contributed by atoms with van der Waals surface area (Å²) in [5, 5.41) is 0. The Hall–Kier alpha value is 0.0200. The molecule has 0 unspecified atom stereocenters. The van der Waals surface area contributed by atoms with Gasteiger partial charge in [0.2, 0.25) is 10.4 Å². The van der Waals surface area contributed by atoms with E-state index in [1.807, 2.05) is 0 Å². The molecule has 0 radical (unpaired) electrons. The molecule has 0 N–H and O–H groups in total. The van der Waals surface area contributed by atoms with Gasteiger partial charge in [-0.15, -0.1) is 4.21 Å². The van der Waals surface area contributed by atoms with Gasteiger partial charge >= 0.3 is 0 Å².